The Kier molecular flexibility index (Phi) is 1.72. The molecule has 0 aromatic carbocycles. The van der Waals surface area contributed by atoms with Crippen LogP contribution < -0.4 is 4.73 Å². The van der Waals surface area contributed by atoms with Crippen molar-refractivity contribution in [2.24, 2.45) is 0 Å². The molecule has 0 aliphatic rings. The molecule has 0 aliphatic carbocycles. The van der Waals surface area contributed by atoms with Crippen LogP contribution in [0.5, 0.6) is 0 Å². The minimum absolute atomic E-state index is 0.0206. The molecule has 1 aromatic heterocycles. The molecule has 1 heterocycles. The Morgan fingerprint density at radius 1 is 1.73 bits per heavy atom. The van der Waals surface area contributed by atoms with Crippen LogP contribution in [-0.4, -0.2) is 10.1 Å². The fourth-order valence-corrected chi connectivity index (χ4v) is 0.706. The van der Waals surface area contributed by atoms with E-state index in [1.54, 1.807) is 6.92 Å². The second-order valence-corrected chi connectivity index (χ2v) is 2.13. The van der Waals surface area contributed by atoms with Gasteiger partial charge in [-0.3, -0.25) is 15.3 Å². The quantitative estimate of drug-likeness (QED) is 0.277. The maximum atomic E-state index is 10.2. The van der Waals surface area contributed by atoms with Gasteiger partial charge in [-0.1, -0.05) is 0 Å². The molecular formula is C6H7N2O3+. The Labute approximate surface area is 62.6 Å². The molecule has 0 saturated heterocycles. The highest BCUT2D eigenvalue weighted by Gasteiger charge is 2.12. The smallest absolute Gasteiger partial charge is 0.282 e. The normalized spacial score (nSPS) is 9.55. The van der Waals surface area contributed by atoms with Crippen molar-refractivity contribution in [3.8, 4) is 0 Å². The average Bonchev–Trinajstić information content (AvgIpc) is 1.94. The van der Waals surface area contributed by atoms with Gasteiger partial charge in [-0.2, -0.15) is 0 Å². The first-order valence-electron chi connectivity index (χ1n) is 2.97. The van der Waals surface area contributed by atoms with E-state index in [-0.39, 0.29) is 5.69 Å². The predicted octanol–water partition coefficient (Wildman–Crippen LogP) is 0.428. The van der Waals surface area contributed by atoms with Gasteiger partial charge in [-0.15, -0.1) is 0 Å². The first-order chi connectivity index (χ1) is 5.11. The van der Waals surface area contributed by atoms with Crippen molar-refractivity contribution in [1.82, 2.24) is 0 Å². The number of pyridine rings is 1. The van der Waals surface area contributed by atoms with E-state index in [1.165, 1.54) is 18.3 Å². The second kappa shape index (κ2) is 2.53. The molecule has 0 spiro atoms. The lowest BCUT2D eigenvalue weighted by Crippen LogP contribution is -2.32. The topological polar surface area (TPSA) is 67.2 Å². The molecule has 5 nitrogen and oxygen atoms in total. The molecule has 0 bridgehead atoms. The van der Waals surface area contributed by atoms with Crippen LogP contribution in [0.2, 0.25) is 0 Å². The van der Waals surface area contributed by atoms with Crippen molar-refractivity contribution in [2.45, 2.75) is 6.92 Å². The molecule has 1 rings (SSSR count). The largest absolute Gasteiger partial charge is 0.285 e. The van der Waals surface area contributed by atoms with Gasteiger partial charge in [-0.05, 0) is 0 Å². The Hall–Kier alpha value is -1.65. The molecule has 0 atom stereocenters. The first kappa shape index (κ1) is 7.46. The van der Waals surface area contributed by atoms with Gasteiger partial charge in [0.05, 0.1) is 17.1 Å². The van der Waals surface area contributed by atoms with Gasteiger partial charge >= 0.3 is 0 Å². The fraction of sp³-hybridized carbons (Fsp3) is 0.167. The summed E-state index contributed by atoms with van der Waals surface area (Å²) in [5.41, 5.74) is 0.409. The van der Waals surface area contributed by atoms with Crippen molar-refractivity contribution in [1.29, 1.82) is 0 Å². The Morgan fingerprint density at radius 3 is 2.82 bits per heavy atom. The highest BCUT2D eigenvalue weighted by atomic mass is 16.6. The molecule has 0 saturated carbocycles. The molecule has 0 unspecified atom stereocenters. The summed E-state index contributed by atoms with van der Waals surface area (Å²) in [6.07, 6.45) is 1.23. The van der Waals surface area contributed by atoms with Crippen molar-refractivity contribution in [3.63, 3.8) is 0 Å². The number of hydrogen-bond donors (Lipinski definition) is 1. The number of aromatic nitrogens is 1. The summed E-state index contributed by atoms with van der Waals surface area (Å²) in [6, 6.07) is 2.52. The summed E-state index contributed by atoms with van der Waals surface area (Å²) in [5.74, 6) is 0. The third-order valence-corrected chi connectivity index (χ3v) is 1.32. The highest BCUT2D eigenvalue weighted by Crippen LogP contribution is 2.07. The van der Waals surface area contributed by atoms with Gasteiger partial charge in [0.2, 0.25) is 11.9 Å². The van der Waals surface area contributed by atoms with E-state index in [2.05, 4.69) is 0 Å². The third kappa shape index (κ3) is 1.43. The molecule has 11 heavy (non-hydrogen) atoms. The van der Waals surface area contributed by atoms with Crippen LogP contribution in [-0.2, 0) is 0 Å². The summed E-state index contributed by atoms with van der Waals surface area (Å²) in [5, 5.41) is 19.1. The van der Waals surface area contributed by atoms with Gasteiger partial charge in [0.1, 0.15) is 0 Å². The lowest BCUT2D eigenvalue weighted by Gasteiger charge is -1.89. The SMILES string of the molecule is Cc1cc([N+](=O)[O-])cc[n+]1O. The van der Waals surface area contributed by atoms with Gasteiger partial charge in [-0.25, -0.2) is 0 Å². The Bertz CT molecular complexity index is 298. The van der Waals surface area contributed by atoms with Crippen LogP contribution >= 0.6 is 0 Å². The van der Waals surface area contributed by atoms with E-state index in [1.807, 2.05) is 0 Å². The lowest BCUT2D eigenvalue weighted by atomic mass is 10.3. The molecule has 0 amide bonds. The minimum Gasteiger partial charge on any atom is -0.285 e. The van der Waals surface area contributed by atoms with Crippen LogP contribution in [0.3, 0.4) is 0 Å². The van der Waals surface area contributed by atoms with E-state index >= 15 is 0 Å². The summed E-state index contributed by atoms with van der Waals surface area (Å²) in [6.45, 7) is 1.58. The van der Waals surface area contributed by atoms with Crippen LogP contribution in [0.1, 0.15) is 5.69 Å². The molecule has 1 N–H and O–H groups in total. The van der Waals surface area contributed by atoms with E-state index in [4.69, 9.17) is 5.21 Å². The molecule has 58 valence electrons. The zero-order valence-electron chi connectivity index (χ0n) is 5.89. The molecular weight excluding hydrogens is 148 g/mol. The number of rotatable bonds is 1. The highest BCUT2D eigenvalue weighted by molar-refractivity contribution is 5.26. The maximum Gasteiger partial charge on any atom is 0.282 e. The van der Waals surface area contributed by atoms with Crippen LogP contribution in [0.15, 0.2) is 18.3 Å². The van der Waals surface area contributed by atoms with Crippen LogP contribution in [0.25, 0.3) is 0 Å². The molecule has 0 fully saturated rings. The summed E-state index contributed by atoms with van der Waals surface area (Å²) in [4.78, 5) is 9.67. The van der Waals surface area contributed by atoms with E-state index in [9.17, 15) is 10.1 Å². The van der Waals surface area contributed by atoms with E-state index in [0.717, 1.165) is 4.73 Å². The van der Waals surface area contributed by atoms with Gasteiger partial charge in [0.25, 0.3) is 5.69 Å². The van der Waals surface area contributed by atoms with E-state index in [0.29, 0.717) is 5.69 Å². The van der Waals surface area contributed by atoms with Crippen molar-refractivity contribution in [2.75, 3.05) is 0 Å². The van der Waals surface area contributed by atoms with Gasteiger partial charge < -0.3 is 0 Å². The fourth-order valence-electron chi connectivity index (χ4n) is 0.706. The number of hydrogen-bond acceptors (Lipinski definition) is 3. The number of aryl methyl sites for hydroxylation is 1. The summed E-state index contributed by atoms with van der Waals surface area (Å²) in [7, 11) is 0. The Balaban J connectivity index is 3.15. The summed E-state index contributed by atoms with van der Waals surface area (Å²) >= 11 is 0. The Morgan fingerprint density at radius 2 is 2.36 bits per heavy atom. The number of nitro groups is 1. The molecule has 1 aromatic rings. The molecule has 0 radical (unpaired) electrons. The zero-order valence-corrected chi connectivity index (χ0v) is 5.89. The predicted molar refractivity (Wildman–Crippen MR) is 35.2 cm³/mol. The standard InChI is InChI=1S/C6H7N2O3/c1-5-4-6(8(10)11)2-3-7(5)9/h2-4,9H,1H3/q+1. The zero-order chi connectivity index (χ0) is 8.43. The van der Waals surface area contributed by atoms with Crippen molar-refractivity contribution >= 4 is 5.69 Å². The van der Waals surface area contributed by atoms with E-state index < -0.39 is 4.92 Å². The molecule has 5 heteroatoms. The van der Waals surface area contributed by atoms with Crippen molar-refractivity contribution in [3.05, 3.63) is 34.1 Å². The van der Waals surface area contributed by atoms with Gasteiger partial charge in [0.15, 0.2) is 0 Å². The number of nitrogens with zero attached hydrogens (tertiary/aromatic N) is 2. The van der Waals surface area contributed by atoms with Gasteiger partial charge in [0, 0.05) is 11.7 Å². The van der Waals surface area contributed by atoms with Crippen LogP contribution in [0.4, 0.5) is 5.69 Å². The third-order valence-electron chi connectivity index (χ3n) is 1.32. The monoisotopic (exact) mass is 155 g/mol. The average molecular weight is 155 g/mol. The maximum absolute atomic E-state index is 10.2. The lowest BCUT2D eigenvalue weighted by molar-refractivity contribution is -0.908. The molecule has 0 aliphatic heterocycles. The first-order valence-corrected chi connectivity index (χ1v) is 2.97. The van der Waals surface area contributed by atoms with Crippen molar-refractivity contribution < 1.29 is 14.9 Å². The van der Waals surface area contributed by atoms with Crippen LogP contribution in [0, 0.1) is 17.0 Å². The second-order valence-electron chi connectivity index (χ2n) is 2.13. The minimum atomic E-state index is -0.507. The summed E-state index contributed by atoms with van der Waals surface area (Å²) < 4.78 is 0.826.